The first-order chi connectivity index (χ1) is 8.92. The summed E-state index contributed by atoms with van der Waals surface area (Å²) in [7, 11) is 0. The van der Waals surface area contributed by atoms with E-state index in [4.69, 9.17) is 9.26 Å². The molecular weight excluding hydrogens is 232 g/mol. The Morgan fingerprint density at radius 2 is 2.44 bits per heavy atom. The van der Waals surface area contributed by atoms with Crippen LogP contribution in [0.1, 0.15) is 30.5 Å². The van der Waals surface area contributed by atoms with E-state index in [2.05, 4.69) is 15.2 Å². The number of aromatic nitrogens is 4. The summed E-state index contributed by atoms with van der Waals surface area (Å²) in [5.41, 5.74) is 0. The highest BCUT2D eigenvalue weighted by atomic mass is 16.5. The average Bonchev–Trinajstić information content (AvgIpc) is 3.12. The Balaban J connectivity index is 1.50. The molecule has 2 aromatic heterocycles. The zero-order valence-electron chi connectivity index (χ0n) is 10.2. The second kappa shape index (κ2) is 5.30. The number of aryl methyl sites for hydroxylation is 2. The minimum atomic E-state index is 0.314. The molecule has 18 heavy (non-hydrogen) atoms. The van der Waals surface area contributed by atoms with Crippen LogP contribution in [0.5, 0.6) is 0 Å². The van der Waals surface area contributed by atoms with E-state index < -0.39 is 0 Å². The Kier molecular flexibility index (Phi) is 3.36. The van der Waals surface area contributed by atoms with E-state index >= 15 is 0 Å². The van der Waals surface area contributed by atoms with Crippen LogP contribution >= 0.6 is 0 Å². The molecule has 1 atom stereocenters. The molecule has 0 spiro atoms. The van der Waals surface area contributed by atoms with E-state index in [0.29, 0.717) is 18.4 Å². The molecule has 0 aromatic carbocycles. The van der Waals surface area contributed by atoms with Crippen LogP contribution in [0.15, 0.2) is 23.0 Å². The van der Waals surface area contributed by atoms with Gasteiger partial charge >= 0.3 is 0 Å². The van der Waals surface area contributed by atoms with Gasteiger partial charge in [-0.2, -0.15) is 10.1 Å². The van der Waals surface area contributed by atoms with Crippen LogP contribution in [0.2, 0.25) is 0 Å². The van der Waals surface area contributed by atoms with Gasteiger partial charge in [-0.1, -0.05) is 5.16 Å². The maximum Gasteiger partial charge on any atom is 0.226 e. The first-order valence-corrected chi connectivity index (χ1v) is 6.29. The van der Waals surface area contributed by atoms with Crippen LogP contribution in [0.3, 0.4) is 0 Å². The molecule has 1 unspecified atom stereocenters. The molecule has 6 heteroatoms. The lowest BCUT2D eigenvalue weighted by atomic mass is 10.1. The molecule has 0 N–H and O–H groups in total. The maximum absolute atomic E-state index is 5.32. The van der Waals surface area contributed by atoms with Gasteiger partial charge in [-0.15, -0.1) is 0 Å². The van der Waals surface area contributed by atoms with Crippen molar-refractivity contribution in [3.8, 4) is 0 Å². The highest BCUT2D eigenvalue weighted by Crippen LogP contribution is 2.22. The molecule has 1 aliphatic heterocycles. The van der Waals surface area contributed by atoms with Crippen molar-refractivity contribution in [2.45, 2.75) is 31.7 Å². The molecule has 1 fully saturated rings. The summed E-state index contributed by atoms with van der Waals surface area (Å²) < 4.78 is 12.5. The average molecular weight is 248 g/mol. The molecule has 1 aliphatic rings. The number of hydrogen-bond donors (Lipinski definition) is 0. The van der Waals surface area contributed by atoms with Gasteiger partial charge in [0.15, 0.2) is 5.82 Å². The molecule has 0 amide bonds. The first-order valence-electron chi connectivity index (χ1n) is 6.29. The number of nitrogens with zero attached hydrogens (tertiary/aromatic N) is 4. The molecular formula is C12H16N4O2. The summed E-state index contributed by atoms with van der Waals surface area (Å²) in [6.07, 6.45) is 6.47. The lowest BCUT2D eigenvalue weighted by Crippen LogP contribution is -2.01. The van der Waals surface area contributed by atoms with Crippen LogP contribution in [-0.4, -0.2) is 33.1 Å². The fraction of sp³-hybridized carbons (Fsp3) is 0.583. The molecule has 0 bridgehead atoms. The second-order valence-electron chi connectivity index (χ2n) is 4.48. The monoisotopic (exact) mass is 248 g/mol. The van der Waals surface area contributed by atoms with Gasteiger partial charge in [-0.25, -0.2) is 0 Å². The topological polar surface area (TPSA) is 66.0 Å². The Morgan fingerprint density at radius 3 is 3.22 bits per heavy atom. The van der Waals surface area contributed by atoms with Crippen molar-refractivity contribution in [2.75, 3.05) is 13.2 Å². The number of ether oxygens (including phenoxy) is 1. The Hall–Kier alpha value is -1.69. The third kappa shape index (κ3) is 2.59. The van der Waals surface area contributed by atoms with Crippen LogP contribution < -0.4 is 0 Å². The lowest BCUT2D eigenvalue weighted by Gasteiger charge is -1.98. The van der Waals surface area contributed by atoms with Gasteiger partial charge in [-0.05, 0) is 18.9 Å². The summed E-state index contributed by atoms with van der Waals surface area (Å²) in [4.78, 5) is 4.42. The molecule has 6 nitrogen and oxygen atoms in total. The molecule has 0 saturated carbocycles. The lowest BCUT2D eigenvalue weighted by molar-refractivity contribution is 0.192. The standard InChI is InChI=1S/C12H16N4O2/c1(6-16-7-2-5-13-16)3-11-14-12(15-18-11)10-4-8-17-9-10/h2,5,7,10H,1,3-4,6,8-9H2. The first kappa shape index (κ1) is 11.4. The van der Waals surface area contributed by atoms with E-state index in [1.165, 1.54) is 0 Å². The zero-order chi connectivity index (χ0) is 12.2. The van der Waals surface area contributed by atoms with Gasteiger partial charge in [0.2, 0.25) is 5.89 Å². The van der Waals surface area contributed by atoms with E-state index in [0.717, 1.165) is 38.2 Å². The van der Waals surface area contributed by atoms with Gasteiger partial charge in [0.05, 0.1) is 6.61 Å². The number of hydrogen-bond acceptors (Lipinski definition) is 5. The van der Waals surface area contributed by atoms with E-state index in [9.17, 15) is 0 Å². The number of rotatable bonds is 5. The quantitative estimate of drug-likeness (QED) is 0.800. The molecule has 0 aliphatic carbocycles. The van der Waals surface area contributed by atoms with E-state index in [1.54, 1.807) is 6.20 Å². The summed E-state index contributed by atoms with van der Waals surface area (Å²) >= 11 is 0. The van der Waals surface area contributed by atoms with E-state index in [1.807, 2.05) is 16.9 Å². The minimum Gasteiger partial charge on any atom is -0.381 e. The zero-order valence-corrected chi connectivity index (χ0v) is 10.2. The van der Waals surface area contributed by atoms with Crippen molar-refractivity contribution >= 4 is 0 Å². The third-order valence-electron chi connectivity index (χ3n) is 3.12. The van der Waals surface area contributed by atoms with E-state index in [-0.39, 0.29) is 0 Å². The van der Waals surface area contributed by atoms with Crippen LogP contribution in [-0.2, 0) is 17.7 Å². The summed E-state index contributed by atoms with van der Waals surface area (Å²) in [6, 6.07) is 1.92. The summed E-state index contributed by atoms with van der Waals surface area (Å²) in [6.45, 7) is 2.39. The van der Waals surface area contributed by atoms with Gasteiger partial charge in [0, 0.05) is 37.9 Å². The van der Waals surface area contributed by atoms with Crippen molar-refractivity contribution in [3.63, 3.8) is 0 Å². The molecule has 0 radical (unpaired) electrons. The maximum atomic E-state index is 5.32. The molecule has 3 rings (SSSR count). The smallest absolute Gasteiger partial charge is 0.226 e. The third-order valence-corrected chi connectivity index (χ3v) is 3.12. The summed E-state index contributed by atoms with van der Waals surface area (Å²) in [5.74, 6) is 1.82. The Bertz CT molecular complexity index is 474. The van der Waals surface area contributed by atoms with Gasteiger partial charge in [0.25, 0.3) is 0 Å². The fourth-order valence-electron chi connectivity index (χ4n) is 2.10. The largest absolute Gasteiger partial charge is 0.381 e. The second-order valence-corrected chi connectivity index (χ2v) is 4.48. The Morgan fingerprint density at radius 1 is 1.44 bits per heavy atom. The van der Waals surface area contributed by atoms with Gasteiger partial charge < -0.3 is 9.26 Å². The summed E-state index contributed by atoms with van der Waals surface area (Å²) in [5, 5.41) is 8.17. The Labute approximate surface area is 105 Å². The normalized spacial score (nSPS) is 19.4. The SMILES string of the molecule is c1cnn(CCCc2nc(C3CCOC3)no2)c1. The predicted molar refractivity (Wildman–Crippen MR) is 63.0 cm³/mol. The van der Waals surface area contributed by atoms with Gasteiger partial charge in [-0.3, -0.25) is 4.68 Å². The van der Waals surface area contributed by atoms with Crippen LogP contribution in [0.25, 0.3) is 0 Å². The van der Waals surface area contributed by atoms with Crippen molar-refractivity contribution in [3.05, 3.63) is 30.2 Å². The molecule has 1 saturated heterocycles. The molecule has 96 valence electrons. The van der Waals surface area contributed by atoms with Crippen molar-refractivity contribution in [1.82, 2.24) is 19.9 Å². The van der Waals surface area contributed by atoms with Crippen molar-refractivity contribution < 1.29 is 9.26 Å². The van der Waals surface area contributed by atoms with Crippen molar-refractivity contribution in [1.29, 1.82) is 0 Å². The highest BCUT2D eigenvalue weighted by molar-refractivity contribution is 4.97. The van der Waals surface area contributed by atoms with Crippen LogP contribution in [0.4, 0.5) is 0 Å². The fourth-order valence-corrected chi connectivity index (χ4v) is 2.10. The van der Waals surface area contributed by atoms with Crippen LogP contribution in [0, 0.1) is 0 Å². The highest BCUT2D eigenvalue weighted by Gasteiger charge is 2.22. The molecule has 3 heterocycles. The molecule has 2 aromatic rings. The van der Waals surface area contributed by atoms with Crippen molar-refractivity contribution in [2.24, 2.45) is 0 Å². The minimum absolute atomic E-state index is 0.314. The predicted octanol–water partition coefficient (Wildman–Crippen LogP) is 1.40. The van der Waals surface area contributed by atoms with Gasteiger partial charge in [0.1, 0.15) is 0 Å².